The largest absolute Gasteiger partial charge is 0.497 e. The lowest BCUT2D eigenvalue weighted by Gasteiger charge is -2.37. The van der Waals surface area contributed by atoms with Gasteiger partial charge in [-0.2, -0.15) is 0 Å². The van der Waals surface area contributed by atoms with Crippen LogP contribution in [0.3, 0.4) is 0 Å². The normalized spacial score (nSPS) is 11.2. The Morgan fingerprint density at radius 3 is 1.47 bits per heavy atom. The van der Waals surface area contributed by atoms with Crippen LogP contribution in [0.5, 0.6) is 11.5 Å². The second-order valence-corrected chi connectivity index (χ2v) is 12.7. The molecular weight excluding hydrogens is 543 g/mol. The minimum atomic E-state index is -0.866. The first-order valence-corrected chi connectivity index (χ1v) is 16.0. The molecule has 0 saturated heterocycles. The molecule has 0 N–H and O–H groups in total. The first-order chi connectivity index (χ1) is 21.1. The Morgan fingerprint density at radius 2 is 1.07 bits per heavy atom. The van der Waals surface area contributed by atoms with Crippen LogP contribution in [0.1, 0.15) is 28.1 Å². The van der Waals surface area contributed by atoms with Crippen molar-refractivity contribution in [3.63, 3.8) is 0 Å². The minimum Gasteiger partial charge on any atom is -0.497 e. The van der Waals surface area contributed by atoms with Crippen molar-refractivity contribution in [3.05, 3.63) is 181 Å². The van der Waals surface area contributed by atoms with Gasteiger partial charge in [0.05, 0.1) is 35.2 Å². The summed E-state index contributed by atoms with van der Waals surface area (Å²) in [6.07, 6.45) is 5.83. The van der Waals surface area contributed by atoms with Gasteiger partial charge in [-0.05, 0) is 52.3 Å². The molecule has 0 unspecified atom stereocenters. The Labute approximate surface area is 258 Å². The second-order valence-electron chi connectivity index (χ2n) is 10.5. The Morgan fingerprint density at radius 1 is 0.628 bits per heavy atom. The molecule has 0 spiro atoms. The monoisotopic (exact) mass is 580 g/mol. The molecule has 0 fully saturated rings. The minimum absolute atomic E-state index is 0.323. The quantitative estimate of drug-likeness (QED) is 0.211. The van der Waals surface area contributed by atoms with Gasteiger partial charge in [-0.25, -0.2) is 4.98 Å². The van der Waals surface area contributed by atoms with Gasteiger partial charge in [-0.3, -0.25) is 0 Å². The highest BCUT2D eigenvalue weighted by molar-refractivity contribution is 6.57. The number of hydrogen-bond acceptors (Lipinski definition) is 3. The standard InChI is InChI=1S/C24H24N2O2Si.C13H13B/c1-27-21-12-8-19(9-13-21)24(26-17-16-25-18-26,29-23-6-4-3-5-7-23)20-10-14-22(28-2)15-11-20;14-13(11-7-3-1-4-8-11)12-9-5-2-6-10-12/h3-18H,29H2,1-2H3;1-10,13H,14H2. The van der Waals surface area contributed by atoms with Crippen LogP contribution in [0.15, 0.2) is 158 Å². The van der Waals surface area contributed by atoms with Crippen LogP contribution in [0, 0.1) is 0 Å². The molecule has 0 saturated carbocycles. The fourth-order valence-electron chi connectivity index (χ4n) is 5.55. The smallest absolute Gasteiger partial charge is 0.118 e. The van der Waals surface area contributed by atoms with Crippen molar-refractivity contribution in [2.45, 2.75) is 11.0 Å². The van der Waals surface area contributed by atoms with Gasteiger partial charge in [0.15, 0.2) is 0 Å². The topological polar surface area (TPSA) is 36.3 Å². The number of ether oxygens (including phenoxy) is 2. The molecule has 0 bridgehead atoms. The number of nitrogens with zero attached hydrogens (tertiary/aromatic N) is 2. The molecule has 6 rings (SSSR count). The predicted molar refractivity (Wildman–Crippen MR) is 182 cm³/mol. The first-order valence-electron chi connectivity index (χ1n) is 14.6. The van der Waals surface area contributed by atoms with Crippen LogP contribution >= 0.6 is 0 Å². The molecule has 0 aliphatic carbocycles. The van der Waals surface area contributed by atoms with Crippen molar-refractivity contribution < 1.29 is 9.47 Å². The summed E-state index contributed by atoms with van der Waals surface area (Å²) < 4.78 is 13.1. The van der Waals surface area contributed by atoms with Crippen LogP contribution in [0.25, 0.3) is 0 Å². The zero-order valence-corrected chi connectivity index (χ0v) is 26.4. The van der Waals surface area contributed by atoms with E-state index in [-0.39, 0.29) is 5.16 Å². The van der Waals surface area contributed by atoms with Crippen LogP contribution < -0.4 is 14.7 Å². The van der Waals surface area contributed by atoms with E-state index in [1.807, 2.05) is 36.8 Å². The maximum Gasteiger partial charge on any atom is 0.118 e. The third kappa shape index (κ3) is 6.99. The van der Waals surface area contributed by atoms with Gasteiger partial charge in [0, 0.05) is 12.4 Å². The summed E-state index contributed by atoms with van der Waals surface area (Å²) in [5.74, 6) is 2.19. The number of benzene rings is 5. The lowest BCUT2D eigenvalue weighted by molar-refractivity contribution is 0.414. The molecule has 0 aliphatic rings. The van der Waals surface area contributed by atoms with Gasteiger partial charge in [0.1, 0.15) is 19.3 Å². The van der Waals surface area contributed by atoms with Crippen molar-refractivity contribution in [3.8, 4) is 11.5 Å². The van der Waals surface area contributed by atoms with Crippen LogP contribution in [0.4, 0.5) is 0 Å². The summed E-state index contributed by atoms with van der Waals surface area (Å²) in [5.41, 5.74) is 5.19. The highest BCUT2D eigenvalue weighted by atomic mass is 28.2. The summed E-state index contributed by atoms with van der Waals surface area (Å²) in [4.78, 5) is 4.38. The van der Waals surface area contributed by atoms with Crippen LogP contribution in [-0.2, 0) is 5.16 Å². The molecule has 6 aromatic rings. The van der Waals surface area contributed by atoms with Gasteiger partial charge in [0.25, 0.3) is 0 Å². The van der Waals surface area contributed by atoms with Crippen molar-refractivity contribution in [2.75, 3.05) is 14.2 Å². The lowest BCUT2D eigenvalue weighted by atomic mass is 9.76. The number of imidazole rings is 1. The number of methoxy groups -OCH3 is 2. The van der Waals surface area contributed by atoms with Gasteiger partial charge in [-0.15, -0.1) is 0 Å². The fourth-order valence-corrected chi connectivity index (χ4v) is 7.89. The second kappa shape index (κ2) is 14.4. The van der Waals surface area contributed by atoms with Crippen LogP contribution in [0.2, 0.25) is 0 Å². The highest BCUT2D eigenvalue weighted by Gasteiger charge is 2.36. The molecule has 1 heterocycles. The molecule has 214 valence electrons. The molecule has 43 heavy (non-hydrogen) atoms. The average molecular weight is 581 g/mol. The van der Waals surface area contributed by atoms with Crippen molar-refractivity contribution in [1.29, 1.82) is 0 Å². The van der Waals surface area contributed by atoms with E-state index in [1.165, 1.54) is 27.4 Å². The molecule has 0 aliphatic heterocycles. The maximum absolute atomic E-state index is 5.40. The molecule has 0 amide bonds. The molecule has 6 heteroatoms. The van der Waals surface area contributed by atoms with Gasteiger partial charge in [0.2, 0.25) is 0 Å². The zero-order chi connectivity index (χ0) is 29.9. The average Bonchev–Trinajstić information content (AvgIpc) is 3.64. The van der Waals surface area contributed by atoms with Crippen molar-refractivity contribution in [2.24, 2.45) is 0 Å². The Hall–Kier alpha value is -4.81. The molecule has 5 aromatic carbocycles. The molecule has 0 atom stereocenters. The van der Waals surface area contributed by atoms with Crippen molar-refractivity contribution in [1.82, 2.24) is 9.55 Å². The summed E-state index contributed by atoms with van der Waals surface area (Å²) in [6, 6.07) is 48.7. The van der Waals surface area contributed by atoms with E-state index in [0.717, 1.165) is 11.5 Å². The lowest BCUT2D eigenvalue weighted by Crippen LogP contribution is -2.46. The third-order valence-electron chi connectivity index (χ3n) is 7.98. The Balaban J connectivity index is 0.000000220. The zero-order valence-electron chi connectivity index (χ0n) is 25.0. The van der Waals surface area contributed by atoms with Crippen LogP contribution in [-0.4, -0.2) is 41.1 Å². The maximum atomic E-state index is 5.40. The van der Waals surface area contributed by atoms with E-state index in [4.69, 9.17) is 9.47 Å². The van der Waals surface area contributed by atoms with Gasteiger partial charge in [-0.1, -0.05) is 120 Å². The third-order valence-corrected chi connectivity index (χ3v) is 10.6. The summed E-state index contributed by atoms with van der Waals surface area (Å²) in [7, 11) is 4.76. The highest BCUT2D eigenvalue weighted by Crippen LogP contribution is 2.35. The number of hydrogen-bond donors (Lipinski definition) is 0. The van der Waals surface area contributed by atoms with E-state index in [9.17, 15) is 0 Å². The van der Waals surface area contributed by atoms with Gasteiger partial charge < -0.3 is 14.0 Å². The molecule has 1 aromatic heterocycles. The van der Waals surface area contributed by atoms with E-state index in [0.29, 0.717) is 5.82 Å². The van der Waals surface area contributed by atoms with E-state index < -0.39 is 9.52 Å². The molecule has 4 nitrogen and oxygen atoms in total. The van der Waals surface area contributed by atoms with Crippen molar-refractivity contribution >= 4 is 22.6 Å². The number of aromatic nitrogens is 2. The molecule has 0 radical (unpaired) electrons. The van der Waals surface area contributed by atoms with E-state index >= 15 is 0 Å². The summed E-state index contributed by atoms with van der Waals surface area (Å²) in [5, 5.41) is 1.06. The summed E-state index contributed by atoms with van der Waals surface area (Å²) >= 11 is 0. The number of rotatable bonds is 9. The Kier molecular flexibility index (Phi) is 9.93. The van der Waals surface area contributed by atoms with E-state index in [1.54, 1.807) is 14.2 Å². The summed E-state index contributed by atoms with van der Waals surface area (Å²) in [6.45, 7) is 0. The first kappa shape index (κ1) is 29.7. The molecular formula is C37H37BN2O2Si. The van der Waals surface area contributed by atoms with Gasteiger partial charge >= 0.3 is 0 Å². The fraction of sp³-hybridized carbons (Fsp3) is 0.108. The van der Waals surface area contributed by atoms with E-state index in [2.05, 4.69) is 139 Å². The predicted octanol–water partition coefficient (Wildman–Crippen LogP) is 5.55. The Bertz CT molecular complexity index is 1560. The SMILES string of the molecule is BC(c1ccccc1)c1ccccc1.COc1ccc(C([SiH2]c2ccccc2)(c2ccc(OC)cc2)n2ccnc2)cc1.